The molecule has 8 nitrogen and oxygen atoms in total. The quantitative estimate of drug-likeness (QED) is 0.880. The van der Waals surface area contributed by atoms with E-state index in [2.05, 4.69) is 14.9 Å². The van der Waals surface area contributed by atoms with Crippen LogP contribution >= 0.6 is 0 Å². The number of ether oxygens (including phenoxy) is 2. The molecule has 1 saturated heterocycles. The predicted molar refractivity (Wildman–Crippen MR) is 97.8 cm³/mol. The maximum atomic E-state index is 12.2. The Kier molecular flexibility index (Phi) is 4.76. The second-order valence-corrected chi connectivity index (χ2v) is 7.19. The summed E-state index contributed by atoms with van der Waals surface area (Å²) in [5.41, 5.74) is 0.187. The molecule has 1 N–H and O–H groups in total. The lowest BCUT2D eigenvalue weighted by molar-refractivity contribution is 0.0240. The van der Waals surface area contributed by atoms with Crippen LogP contribution < -0.4 is 9.64 Å². The van der Waals surface area contributed by atoms with E-state index >= 15 is 0 Å². The first-order valence-corrected chi connectivity index (χ1v) is 8.53. The van der Waals surface area contributed by atoms with Gasteiger partial charge in [0.25, 0.3) is 0 Å². The average molecular weight is 360 g/mol. The second kappa shape index (κ2) is 6.86. The van der Waals surface area contributed by atoms with Crippen molar-refractivity contribution in [3.8, 4) is 11.5 Å². The van der Waals surface area contributed by atoms with Crippen LogP contribution in [0.1, 0.15) is 20.8 Å². The lowest BCUT2D eigenvalue weighted by Crippen LogP contribution is -2.50. The Labute approximate surface area is 152 Å². The molecule has 1 aromatic carbocycles. The van der Waals surface area contributed by atoms with Crippen molar-refractivity contribution in [3.05, 3.63) is 18.5 Å². The highest BCUT2D eigenvalue weighted by atomic mass is 16.6. The summed E-state index contributed by atoms with van der Waals surface area (Å²) in [5.74, 6) is 1.15. The lowest BCUT2D eigenvalue weighted by Gasteiger charge is -2.36. The number of rotatable bonds is 2. The van der Waals surface area contributed by atoms with Gasteiger partial charge in [0.15, 0.2) is 11.5 Å². The minimum absolute atomic E-state index is 0.0449. The minimum atomic E-state index is -0.506. The number of piperazine rings is 1. The number of hydrogen-bond acceptors (Lipinski definition) is 7. The van der Waals surface area contributed by atoms with E-state index in [9.17, 15) is 9.90 Å². The van der Waals surface area contributed by atoms with E-state index in [1.165, 1.54) is 13.4 Å². The number of phenolic OH excluding ortho intramolecular Hbond substituents is 1. The Hall–Kier alpha value is -2.77. The van der Waals surface area contributed by atoms with Gasteiger partial charge in [0.2, 0.25) is 0 Å². The summed E-state index contributed by atoms with van der Waals surface area (Å²) in [6.07, 6.45) is 1.20. The molecule has 0 spiro atoms. The van der Waals surface area contributed by atoms with Crippen molar-refractivity contribution in [2.45, 2.75) is 26.4 Å². The number of phenols is 1. The summed E-state index contributed by atoms with van der Waals surface area (Å²) in [7, 11) is 1.50. The number of carbonyl (C=O) groups excluding carboxylic acids is 1. The molecule has 0 saturated carbocycles. The summed E-state index contributed by atoms with van der Waals surface area (Å²) in [6, 6.07) is 3.30. The Bertz CT molecular complexity index is 811. The molecule has 0 aliphatic carbocycles. The highest BCUT2D eigenvalue weighted by Gasteiger charge is 2.27. The Morgan fingerprint density at radius 3 is 2.46 bits per heavy atom. The van der Waals surface area contributed by atoms with Gasteiger partial charge >= 0.3 is 6.09 Å². The zero-order chi connectivity index (χ0) is 18.9. The molecule has 1 fully saturated rings. The molecule has 1 aliphatic rings. The number of hydrogen-bond donors (Lipinski definition) is 1. The molecule has 8 heteroatoms. The van der Waals surface area contributed by atoms with E-state index in [0.29, 0.717) is 37.4 Å². The van der Waals surface area contributed by atoms with Crippen molar-refractivity contribution in [3.63, 3.8) is 0 Å². The van der Waals surface area contributed by atoms with Crippen LogP contribution in [0.15, 0.2) is 18.5 Å². The van der Waals surface area contributed by atoms with E-state index in [-0.39, 0.29) is 11.8 Å². The number of anilines is 1. The Balaban J connectivity index is 1.77. The number of aromatic hydroxyl groups is 1. The first-order chi connectivity index (χ1) is 12.3. The predicted octanol–water partition coefficient (Wildman–Crippen LogP) is 2.40. The van der Waals surface area contributed by atoms with Gasteiger partial charge in [-0.05, 0) is 26.8 Å². The fourth-order valence-electron chi connectivity index (χ4n) is 2.90. The highest BCUT2D eigenvalue weighted by molar-refractivity contribution is 5.92. The maximum absolute atomic E-state index is 12.2. The number of fused-ring (bicyclic) bond motifs is 1. The lowest BCUT2D eigenvalue weighted by atomic mass is 10.2. The first kappa shape index (κ1) is 18.0. The van der Waals surface area contributed by atoms with E-state index in [1.54, 1.807) is 17.0 Å². The highest BCUT2D eigenvalue weighted by Crippen LogP contribution is 2.34. The van der Waals surface area contributed by atoms with E-state index in [1.807, 2.05) is 20.8 Å². The smallest absolute Gasteiger partial charge is 0.410 e. The number of aromatic nitrogens is 2. The molecule has 0 atom stereocenters. The molecule has 26 heavy (non-hydrogen) atoms. The standard InChI is InChI=1S/C18H24N4O4/c1-18(2,3)26-17(24)22-7-5-21(6-8-22)16-12-9-14(23)15(25-4)10-13(12)19-11-20-16/h9-11,23H,5-8H2,1-4H3. The van der Waals surface area contributed by atoms with Crippen LogP contribution in [-0.2, 0) is 4.74 Å². The third-order valence-corrected chi connectivity index (χ3v) is 4.15. The summed E-state index contributed by atoms with van der Waals surface area (Å²) < 4.78 is 10.6. The van der Waals surface area contributed by atoms with Gasteiger partial charge < -0.3 is 24.4 Å². The average Bonchev–Trinajstić information content (AvgIpc) is 2.59. The molecule has 0 radical (unpaired) electrons. The van der Waals surface area contributed by atoms with Crippen LogP contribution in [0.3, 0.4) is 0 Å². The van der Waals surface area contributed by atoms with Crippen LogP contribution in [0, 0.1) is 0 Å². The number of nitrogens with zero attached hydrogens (tertiary/aromatic N) is 4. The molecule has 3 rings (SSSR count). The fraction of sp³-hybridized carbons (Fsp3) is 0.500. The molecule has 2 heterocycles. The molecule has 2 aromatic rings. The van der Waals surface area contributed by atoms with E-state index in [4.69, 9.17) is 9.47 Å². The van der Waals surface area contributed by atoms with E-state index < -0.39 is 5.60 Å². The first-order valence-electron chi connectivity index (χ1n) is 8.53. The van der Waals surface area contributed by atoms with Crippen LogP contribution in [0.25, 0.3) is 10.9 Å². The van der Waals surface area contributed by atoms with Crippen LogP contribution in [0.4, 0.5) is 10.6 Å². The van der Waals surface area contributed by atoms with Crippen molar-refractivity contribution in [2.24, 2.45) is 0 Å². The van der Waals surface area contributed by atoms with Gasteiger partial charge in [-0.15, -0.1) is 0 Å². The largest absolute Gasteiger partial charge is 0.504 e. The molecule has 0 unspecified atom stereocenters. The third-order valence-electron chi connectivity index (χ3n) is 4.15. The van der Waals surface area contributed by atoms with Crippen LogP contribution in [0.5, 0.6) is 11.5 Å². The zero-order valence-corrected chi connectivity index (χ0v) is 15.5. The summed E-state index contributed by atoms with van der Waals surface area (Å²) in [4.78, 5) is 24.6. The van der Waals surface area contributed by atoms with Crippen molar-refractivity contribution in [2.75, 3.05) is 38.2 Å². The number of benzene rings is 1. The second-order valence-electron chi connectivity index (χ2n) is 7.19. The van der Waals surface area contributed by atoms with Crippen molar-refractivity contribution < 1.29 is 19.4 Å². The number of methoxy groups -OCH3 is 1. The molecule has 1 aromatic heterocycles. The molecule has 1 amide bonds. The summed E-state index contributed by atoms with van der Waals surface area (Å²) in [5, 5.41) is 10.8. The molecule has 0 bridgehead atoms. The summed E-state index contributed by atoms with van der Waals surface area (Å²) >= 11 is 0. The zero-order valence-electron chi connectivity index (χ0n) is 15.5. The Morgan fingerprint density at radius 2 is 1.85 bits per heavy atom. The fourth-order valence-corrected chi connectivity index (χ4v) is 2.90. The van der Waals surface area contributed by atoms with Crippen molar-refractivity contribution >= 4 is 22.8 Å². The SMILES string of the molecule is COc1cc2ncnc(N3CCN(C(=O)OC(C)(C)C)CC3)c2cc1O. The van der Waals surface area contributed by atoms with E-state index in [0.717, 1.165) is 11.2 Å². The van der Waals surface area contributed by atoms with Gasteiger partial charge in [0.1, 0.15) is 17.7 Å². The number of amides is 1. The van der Waals surface area contributed by atoms with Crippen molar-refractivity contribution in [1.82, 2.24) is 14.9 Å². The third kappa shape index (κ3) is 3.74. The van der Waals surface area contributed by atoms with Crippen LogP contribution in [-0.4, -0.2) is 65.0 Å². The van der Waals surface area contributed by atoms with Gasteiger partial charge in [0.05, 0.1) is 12.6 Å². The van der Waals surface area contributed by atoms with Gasteiger partial charge in [-0.3, -0.25) is 0 Å². The van der Waals surface area contributed by atoms with Gasteiger partial charge in [-0.2, -0.15) is 0 Å². The van der Waals surface area contributed by atoms with Gasteiger partial charge in [-0.25, -0.2) is 14.8 Å². The van der Waals surface area contributed by atoms with Gasteiger partial charge in [0, 0.05) is 37.6 Å². The normalized spacial score (nSPS) is 15.2. The van der Waals surface area contributed by atoms with Gasteiger partial charge in [-0.1, -0.05) is 0 Å². The molecule has 140 valence electrons. The topological polar surface area (TPSA) is 88.0 Å². The molecular formula is C18H24N4O4. The van der Waals surface area contributed by atoms with Crippen LogP contribution in [0.2, 0.25) is 0 Å². The molecule has 1 aliphatic heterocycles. The Morgan fingerprint density at radius 1 is 1.15 bits per heavy atom. The monoisotopic (exact) mass is 360 g/mol. The number of carbonyl (C=O) groups is 1. The summed E-state index contributed by atoms with van der Waals surface area (Å²) in [6.45, 7) is 7.90. The van der Waals surface area contributed by atoms with Crippen molar-refractivity contribution in [1.29, 1.82) is 0 Å². The minimum Gasteiger partial charge on any atom is -0.504 e. The molecular weight excluding hydrogens is 336 g/mol. The maximum Gasteiger partial charge on any atom is 0.410 e.